The molecule has 0 saturated heterocycles. The van der Waals surface area contributed by atoms with Crippen LogP contribution in [0.25, 0.3) is 0 Å². The molecule has 1 aromatic rings. The van der Waals surface area contributed by atoms with Crippen molar-refractivity contribution in [2.45, 2.75) is 0 Å². The van der Waals surface area contributed by atoms with Gasteiger partial charge in [-0.1, -0.05) is 0 Å². The zero-order valence-corrected chi connectivity index (χ0v) is 4.70. The topological polar surface area (TPSA) is 49.1 Å². The Kier molecular flexibility index (Phi) is 1.73. The lowest BCUT2D eigenvalue weighted by molar-refractivity contribution is 1.31. The van der Waals surface area contributed by atoms with Crippen LogP contribution in [0, 0.1) is 5.41 Å². The lowest BCUT2D eigenvalue weighted by atomic mass is 10.4. The molecule has 1 heterocycles. The highest BCUT2D eigenvalue weighted by Crippen LogP contribution is 2.04. The molecule has 1 rings (SSSR count). The van der Waals surface area contributed by atoms with Crippen molar-refractivity contribution in [3.05, 3.63) is 24.5 Å². The second-order valence-corrected chi connectivity index (χ2v) is 1.43. The molecule has 0 aliphatic rings. The maximum atomic E-state index is 6.50. The van der Waals surface area contributed by atoms with Gasteiger partial charge in [0.25, 0.3) is 0 Å². The minimum Gasteiger partial charge on any atom is -0.262 e. The number of aliphatic imine (C=N–C) groups is 1. The third-order valence-corrected chi connectivity index (χ3v) is 0.831. The minimum absolute atomic E-state index is 0.660. The van der Waals surface area contributed by atoms with E-state index in [0.29, 0.717) is 5.69 Å². The van der Waals surface area contributed by atoms with Crippen LogP contribution in [0.4, 0.5) is 5.69 Å². The van der Waals surface area contributed by atoms with Crippen molar-refractivity contribution in [3.63, 3.8) is 0 Å². The summed E-state index contributed by atoms with van der Waals surface area (Å²) < 4.78 is 0. The molecule has 0 aliphatic heterocycles. The normalized spacial score (nSPS) is 8.00. The molecule has 9 heavy (non-hydrogen) atoms. The number of nitrogens with zero attached hydrogens (tertiary/aromatic N) is 2. The van der Waals surface area contributed by atoms with Gasteiger partial charge in [-0.3, -0.25) is 4.98 Å². The summed E-state index contributed by atoms with van der Waals surface area (Å²) in [6.45, 7) is 0. The Morgan fingerprint density at radius 1 is 1.67 bits per heavy atom. The predicted molar refractivity (Wildman–Crippen MR) is 34.1 cm³/mol. The summed E-state index contributed by atoms with van der Waals surface area (Å²) in [4.78, 5) is 7.35. The van der Waals surface area contributed by atoms with E-state index in [0.717, 1.165) is 0 Å². The SMILES string of the molecule is N=C=Nc1cccnc1. The summed E-state index contributed by atoms with van der Waals surface area (Å²) in [6.07, 6.45) is 3.23. The summed E-state index contributed by atoms with van der Waals surface area (Å²) >= 11 is 0. The van der Waals surface area contributed by atoms with E-state index in [4.69, 9.17) is 5.41 Å². The van der Waals surface area contributed by atoms with Crippen LogP contribution in [0.1, 0.15) is 0 Å². The summed E-state index contributed by atoms with van der Waals surface area (Å²) in [5, 5.41) is 6.50. The molecule has 0 bridgehead atoms. The van der Waals surface area contributed by atoms with Gasteiger partial charge < -0.3 is 0 Å². The minimum atomic E-state index is 0.660. The molecule has 44 valence electrons. The molecule has 3 heteroatoms. The molecule has 3 nitrogen and oxygen atoms in total. The second-order valence-electron chi connectivity index (χ2n) is 1.43. The molecule has 0 amide bonds. The highest BCUT2D eigenvalue weighted by molar-refractivity contribution is 5.47. The number of hydrogen-bond acceptors (Lipinski definition) is 3. The first-order valence-electron chi connectivity index (χ1n) is 2.46. The summed E-state index contributed by atoms with van der Waals surface area (Å²) in [5.41, 5.74) is 0.660. The average molecular weight is 119 g/mol. The summed E-state index contributed by atoms with van der Waals surface area (Å²) in [5.74, 6) is 0. The number of pyridine rings is 1. The largest absolute Gasteiger partial charge is 0.262 e. The zero-order chi connectivity index (χ0) is 6.53. The van der Waals surface area contributed by atoms with E-state index < -0.39 is 0 Å². The molecular weight excluding hydrogens is 114 g/mol. The van der Waals surface area contributed by atoms with E-state index in [1.807, 2.05) is 6.01 Å². The van der Waals surface area contributed by atoms with Crippen LogP contribution in [0.5, 0.6) is 0 Å². The van der Waals surface area contributed by atoms with Gasteiger partial charge in [0, 0.05) is 6.20 Å². The Balaban J connectivity index is 2.97. The van der Waals surface area contributed by atoms with Crippen LogP contribution in [-0.4, -0.2) is 11.0 Å². The monoisotopic (exact) mass is 119 g/mol. The van der Waals surface area contributed by atoms with Crippen molar-refractivity contribution >= 4 is 11.7 Å². The Morgan fingerprint density at radius 3 is 3.11 bits per heavy atom. The van der Waals surface area contributed by atoms with Gasteiger partial charge in [-0.05, 0) is 12.1 Å². The predicted octanol–water partition coefficient (Wildman–Crippen LogP) is 1.47. The number of hydrogen-bond donors (Lipinski definition) is 1. The Morgan fingerprint density at radius 2 is 2.56 bits per heavy atom. The fourth-order valence-corrected chi connectivity index (χ4v) is 0.484. The first kappa shape index (κ1) is 5.66. The fraction of sp³-hybridized carbons (Fsp3) is 0. The van der Waals surface area contributed by atoms with E-state index in [-0.39, 0.29) is 0 Å². The van der Waals surface area contributed by atoms with Crippen LogP contribution in [0.3, 0.4) is 0 Å². The van der Waals surface area contributed by atoms with E-state index in [1.165, 1.54) is 0 Å². The van der Waals surface area contributed by atoms with Gasteiger partial charge in [0.15, 0.2) is 0 Å². The maximum Gasteiger partial charge on any atom is 0.0929 e. The van der Waals surface area contributed by atoms with E-state index >= 15 is 0 Å². The third kappa shape index (κ3) is 1.48. The number of rotatable bonds is 1. The number of nitrogens with one attached hydrogen (secondary N) is 1. The molecule has 0 aliphatic carbocycles. The van der Waals surface area contributed by atoms with E-state index in [2.05, 4.69) is 9.98 Å². The standard InChI is InChI=1S/C6H5N3/c7-5-9-6-2-1-3-8-4-6/h1-4,7H. The Bertz CT molecular complexity index is 223. The van der Waals surface area contributed by atoms with Crippen molar-refractivity contribution in [2.75, 3.05) is 0 Å². The molecule has 1 aromatic heterocycles. The summed E-state index contributed by atoms with van der Waals surface area (Å²) in [6, 6.07) is 5.44. The molecule has 0 aromatic carbocycles. The van der Waals surface area contributed by atoms with Crippen LogP contribution in [0.15, 0.2) is 29.5 Å². The van der Waals surface area contributed by atoms with Crippen molar-refractivity contribution in [1.82, 2.24) is 4.98 Å². The van der Waals surface area contributed by atoms with Crippen LogP contribution in [0.2, 0.25) is 0 Å². The van der Waals surface area contributed by atoms with Crippen LogP contribution >= 0.6 is 0 Å². The van der Waals surface area contributed by atoms with Gasteiger partial charge in [0.1, 0.15) is 0 Å². The average Bonchev–Trinajstić information content (AvgIpc) is 1.91. The van der Waals surface area contributed by atoms with Crippen molar-refractivity contribution in [2.24, 2.45) is 4.99 Å². The van der Waals surface area contributed by atoms with Crippen molar-refractivity contribution in [1.29, 1.82) is 5.41 Å². The molecule has 0 atom stereocenters. The Labute approximate surface area is 52.6 Å². The highest BCUT2D eigenvalue weighted by Gasteiger charge is 1.80. The Hall–Kier alpha value is -1.47. The van der Waals surface area contributed by atoms with Crippen LogP contribution < -0.4 is 0 Å². The zero-order valence-electron chi connectivity index (χ0n) is 4.70. The molecule has 0 fully saturated rings. The lowest BCUT2D eigenvalue weighted by Crippen LogP contribution is -1.65. The fourth-order valence-electron chi connectivity index (χ4n) is 0.484. The number of aromatic nitrogens is 1. The molecule has 0 saturated carbocycles. The molecule has 0 unspecified atom stereocenters. The first-order chi connectivity index (χ1) is 4.43. The lowest BCUT2D eigenvalue weighted by Gasteiger charge is -1.83. The molecular formula is C6H5N3. The quantitative estimate of drug-likeness (QED) is 0.559. The van der Waals surface area contributed by atoms with Gasteiger partial charge in [-0.25, -0.2) is 5.41 Å². The van der Waals surface area contributed by atoms with Gasteiger partial charge in [0.2, 0.25) is 0 Å². The van der Waals surface area contributed by atoms with E-state index in [9.17, 15) is 0 Å². The van der Waals surface area contributed by atoms with Gasteiger partial charge in [-0.15, -0.1) is 0 Å². The van der Waals surface area contributed by atoms with Crippen molar-refractivity contribution in [3.8, 4) is 0 Å². The highest BCUT2D eigenvalue weighted by atomic mass is 14.8. The molecule has 1 N–H and O–H groups in total. The third-order valence-electron chi connectivity index (χ3n) is 0.831. The van der Waals surface area contributed by atoms with Crippen molar-refractivity contribution < 1.29 is 0 Å². The molecule has 0 radical (unpaired) electrons. The summed E-state index contributed by atoms with van der Waals surface area (Å²) in [7, 11) is 0. The van der Waals surface area contributed by atoms with Crippen LogP contribution in [-0.2, 0) is 0 Å². The smallest absolute Gasteiger partial charge is 0.0929 e. The molecule has 0 spiro atoms. The first-order valence-corrected chi connectivity index (χ1v) is 2.46. The van der Waals surface area contributed by atoms with Gasteiger partial charge in [-0.2, -0.15) is 4.99 Å². The van der Waals surface area contributed by atoms with E-state index in [1.54, 1.807) is 24.5 Å². The second kappa shape index (κ2) is 2.74. The maximum absolute atomic E-state index is 6.50. The van der Waals surface area contributed by atoms with Gasteiger partial charge >= 0.3 is 0 Å². The van der Waals surface area contributed by atoms with Gasteiger partial charge in [0.05, 0.1) is 17.9 Å².